The lowest BCUT2D eigenvalue weighted by molar-refractivity contribution is 0.0994. The number of carbonyl (C=O) groups excluding carboxylic acids is 1. The van der Waals surface area contributed by atoms with Crippen LogP contribution in [-0.2, 0) is 6.42 Å². The number of ketones is 1. The van der Waals surface area contributed by atoms with E-state index in [4.69, 9.17) is 10.0 Å². The van der Waals surface area contributed by atoms with Gasteiger partial charge in [-0.1, -0.05) is 18.2 Å². The van der Waals surface area contributed by atoms with Crippen LogP contribution in [0.15, 0.2) is 18.2 Å². The summed E-state index contributed by atoms with van der Waals surface area (Å²) in [6, 6.07) is 4.93. The number of Topliss-reactive ketones (excluding diaryl/α,β-unsaturated/α-hetero) is 1. The van der Waals surface area contributed by atoms with Crippen LogP contribution < -0.4 is 5.46 Å². The summed E-state index contributed by atoms with van der Waals surface area (Å²) in [6.07, 6.45) is 1.26. The Balaban J connectivity index is 2.45. The molecule has 66 valence electrons. The van der Waals surface area contributed by atoms with E-state index in [-0.39, 0.29) is 5.78 Å². The van der Waals surface area contributed by atoms with Gasteiger partial charge in [0.2, 0.25) is 0 Å². The quantitative estimate of drug-likeness (QED) is 0.566. The molecule has 0 unspecified atom stereocenters. The van der Waals surface area contributed by atoms with Crippen LogP contribution in [0.1, 0.15) is 22.3 Å². The van der Waals surface area contributed by atoms with Crippen LogP contribution in [0.2, 0.25) is 0 Å². The van der Waals surface area contributed by atoms with E-state index >= 15 is 0 Å². The molecule has 0 fully saturated rings. The maximum Gasteiger partial charge on any atom is 0.488 e. The summed E-state index contributed by atoms with van der Waals surface area (Å²) in [5.74, 6) is 0.147. The summed E-state index contributed by atoms with van der Waals surface area (Å²) in [5, 5.41) is 17.8. The molecule has 0 saturated heterocycles. The molecule has 0 heterocycles. The zero-order chi connectivity index (χ0) is 9.42. The molecule has 0 saturated carbocycles. The summed E-state index contributed by atoms with van der Waals surface area (Å²) in [5.41, 5.74) is 2.11. The first-order valence-corrected chi connectivity index (χ1v) is 4.20. The van der Waals surface area contributed by atoms with E-state index in [2.05, 4.69) is 0 Å². The minimum Gasteiger partial charge on any atom is -0.423 e. The van der Waals surface area contributed by atoms with Crippen molar-refractivity contribution in [2.24, 2.45) is 0 Å². The summed E-state index contributed by atoms with van der Waals surface area (Å²) in [4.78, 5) is 11.2. The minimum absolute atomic E-state index is 0.147. The molecule has 0 radical (unpaired) electrons. The smallest absolute Gasteiger partial charge is 0.423 e. The number of carbonyl (C=O) groups is 1. The second-order valence-corrected chi connectivity index (χ2v) is 3.21. The van der Waals surface area contributed by atoms with Crippen molar-refractivity contribution in [1.29, 1.82) is 0 Å². The van der Waals surface area contributed by atoms with Gasteiger partial charge >= 0.3 is 7.12 Å². The molecule has 1 aliphatic carbocycles. The van der Waals surface area contributed by atoms with Crippen LogP contribution in [0.25, 0.3) is 0 Å². The number of hydrogen-bond acceptors (Lipinski definition) is 3. The maximum absolute atomic E-state index is 11.2. The van der Waals surface area contributed by atoms with Crippen molar-refractivity contribution >= 4 is 18.4 Å². The average molecular weight is 176 g/mol. The number of rotatable bonds is 1. The minimum atomic E-state index is -1.44. The monoisotopic (exact) mass is 176 g/mol. The molecule has 1 aromatic rings. The highest BCUT2D eigenvalue weighted by Gasteiger charge is 2.21. The summed E-state index contributed by atoms with van der Waals surface area (Å²) >= 11 is 0. The third-order valence-electron chi connectivity index (χ3n) is 2.35. The Morgan fingerprint density at radius 3 is 2.69 bits per heavy atom. The van der Waals surface area contributed by atoms with E-state index in [1.165, 1.54) is 0 Å². The van der Waals surface area contributed by atoms with E-state index in [0.29, 0.717) is 18.3 Å². The standard InChI is InChI=1S/C9H9BO3/c11-9-4-1-6-5-7(10(12)13)2-3-8(6)9/h2-3,5,12-13H,1,4H2. The maximum atomic E-state index is 11.2. The van der Waals surface area contributed by atoms with Crippen molar-refractivity contribution in [1.82, 2.24) is 0 Å². The molecule has 0 aromatic heterocycles. The van der Waals surface area contributed by atoms with E-state index in [1.807, 2.05) is 0 Å². The number of benzene rings is 1. The molecule has 0 bridgehead atoms. The van der Waals surface area contributed by atoms with E-state index in [1.54, 1.807) is 18.2 Å². The van der Waals surface area contributed by atoms with Gasteiger partial charge in [-0.25, -0.2) is 0 Å². The Morgan fingerprint density at radius 2 is 2.00 bits per heavy atom. The predicted molar refractivity (Wildman–Crippen MR) is 48.9 cm³/mol. The van der Waals surface area contributed by atoms with Crippen LogP contribution in [0, 0.1) is 0 Å². The normalized spacial score (nSPS) is 14.5. The van der Waals surface area contributed by atoms with Gasteiger partial charge in [0.25, 0.3) is 0 Å². The lowest BCUT2D eigenvalue weighted by Crippen LogP contribution is -2.30. The molecule has 0 amide bonds. The molecular formula is C9H9BO3. The lowest BCUT2D eigenvalue weighted by atomic mass is 9.79. The molecule has 0 aliphatic heterocycles. The van der Waals surface area contributed by atoms with Gasteiger partial charge in [-0.15, -0.1) is 0 Å². The van der Waals surface area contributed by atoms with Gasteiger partial charge in [0.05, 0.1) is 0 Å². The molecule has 2 rings (SSSR count). The first kappa shape index (κ1) is 8.47. The Bertz CT molecular complexity index is 360. The third kappa shape index (κ3) is 1.38. The fourth-order valence-electron chi connectivity index (χ4n) is 1.64. The Hall–Kier alpha value is -1.13. The Morgan fingerprint density at radius 1 is 1.23 bits per heavy atom. The highest BCUT2D eigenvalue weighted by molar-refractivity contribution is 6.58. The van der Waals surface area contributed by atoms with Crippen LogP contribution in [0.3, 0.4) is 0 Å². The fourth-order valence-corrected chi connectivity index (χ4v) is 1.64. The lowest BCUT2D eigenvalue weighted by Gasteiger charge is -2.01. The van der Waals surface area contributed by atoms with Gasteiger partial charge < -0.3 is 10.0 Å². The van der Waals surface area contributed by atoms with Crippen molar-refractivity contribution in [2.45, 2.75) is 12.8 Å². The molecule has 3 nitrogen and oxygen atoms in total. The first-order valence-electron chi connectivity index (χ1n) is 4.20. The van der Waals surface area contributed by atoms with Gasteiger partial charge in [0, 0.05) is 12.0 Å². The van der Waals surface area contributed by atoms with Gasteiger partial charge in [0.1, 0.15) is 0 Å². The molecule has 1 aliphatic rings. The van der Waals surface area contributed by atoms with Crippen LogP contribution >= 0.6 is 0 Å². The second-order valence-electron chi connectivity index (χ2n) is 3.21. The van der Waals surface area contributed by atoms with E-state index in [9.17, 15) is 4.79 Å². The number of hydrogen-bond donors (Lipinski definition) is 2. The molecule has 0 spiro atoms. The summed E-state index contributed by atoms with van der Waals surface area (Å²) in [6.45, 7) is 0. The van der Waals surface area contributed by atoms with Gasteiger partial charge in [-0.3, -0.25) is 4.79 Å². The Kier molecular flexibility index (Phi) is 1.94. The van der Waals surface area contributed by atoms with Crippen LogP contribution in [-0.4, -0.2) is 22.9 Å². The molecule has 13 heavy (non-hydrogen) atoms. The molecular weight excluding hydrogens is 167 g/mol. The largest absolute Gasteiger partial charge is 0.488 e. The zero-order valence-corrected chi connectivity index (χ0v) is 7.03. The van der Waals surface area contributed by atoms with Crippen molar-refractivity contribution in [3.8, 4) is 0 Å². The zero-order valence-electron chi connectivity index (χ0n) is 7.03. The predicted octanol–water partition coefficient (Wildman–Crippen LogP) is -0.505. The van der Waals surface area contributed by atoms with Crippen molar-refractivity contribution < 1.29 is 14.8 Å². The van der Waals surface area contributed by atoms with E-state index < -0.39 is 7.12 Å². The third-order valence-corrected chi connectivity index (χ3v) is 2.35. The van der Waals surface area contributed by atoms with Crippen LogP contribution in [0.5, 0.6) is 0 Å². The number of fused-ring (bicyclic) bond motifs is 1. The first-order chi connectivity index (χ1) is 6.18. The van der Waals surface area contributed by atoms with Crippen LogP contribution in [0.4, 0.5) is 0 Å². The van der Waals surface area contributed by atoms with Gasteiger partial charge in [-0.2, -0.15) is 0 Å². The summed E-state index contributed by atoms with van der Waals surface area (Å²) in [7, 11) is -1.44. The summed E-state index contributed by atoms with van der Waals surface area (Å²) < 4.78 is 0. The SMILES string of the molecule is O=C1CCc2cc(B(O)O)ccc21. The van der Waals surface area contributed by atoms with Crippen molar-refractivity contribution in [2.75, 3.05) is 0 Å². The number of aryl methyl sites for hydroxylation is 1. The second kappa shape index (κ2) is 2.98. The molecule has 2 N–H and O–H groups in total. The van der Waals surface area contributed by atoms with Gasteiger partial charge in [0.15, 0.2) is 5.78 Å². The van der Waals surface area contributed by atoms with Crippen molar-refractivity contribution in [3.05, 3.63) is 29.3 Å². The average Bonchev–Trinajstić information content (AvgIpc) is 2.47. The van der Waals surface area contributed by atoms with Gasteiger partial charge in [-0.05, 0) is 17.4 Å². The Labute approximate surface area is 76.2 Å². The fraction of sp³-hybridized carbons (Fsp3) is 0.222. The molecule has 0 atom stereocenters. The van der Waals surface area contributed by atoms with Crippen molar-refractivity contribution in [3.63, 3.8) is 0 Å². The molecule has 1 aromatic carbocycles. The van der Waals surface area contributed by atoms with E-state index in [0.717, 1.165) is 11.1 Å². The topological polar surface area (TPSA) is 57.5 Å². The highest BCUT2D eigenvalue weighted by Crippen LogP contribution is 2.20. The molecule has 4 heteroatoms. The highest BCUT2D eigenvalue weighted by atomic mass is 16.4.